The molecule has 2 N–H and O–H groups in total. The molecule has 1 fully saturated rings. The lowest BCUT2D eigenvalue weighted by Gasteiger charge is -2.27. The van der Waals surface area contributed by atoms with Crippen molar-refractivity contribution >= 4 is 27.8 Å². The highest BCUT2D eigenvalue weighted by Crippen LogP contribution is 2.47. The Balaban J connectivity index is 1.30. The maximum atomic E-state index is 13.9. The second kappa shape index (κ2) is 10.6. The van der Waals surface area contributed by atoms with Gasteiger partial charge in [0.2, 0.25) is 0 Å². The van der Waals surface area contributed by atoms with Gasteiger partial charge < -0.3 is 24.3 Å². The first-order valence-corrected chi connectivity index (χ1v) is 15.2. The molecular formula is C35H38N4O3. The van der Waals surface area contributed by atoms with Crippen LogP contribution < -0.4 is 10.1 Å². The van der Waals surface area contributed by atoms with Crippen LogP contribution >= 0.6 is 0 Å². The minimum absolute atomic E-state index is 0.0104. The summed E-state index contributed by atoms with van der Waals surface area (Å²) >= 11 is 0. The summed E-state index contributed by atoms with van der Waals surface area (Å²) in [5.41, 5.74) is 6.53. The van der Waals surface area contributed by atoms with E-state index in [9.17, 15) is 9.90 Å². The van der Waals surface area contributed by atoms with E-state index >= 15 is 0 Å². The normalized spacial score (nSPS) is 15.7. The number of rotatable bonds is 6. The predicted molar refractivity (Wildman–Crippen MR) is 166 cm³/mol. The van der Waals surface area contributed by atoms with Crippen LogP contribution in [0.2, 0.25) is 0 Å². The van der Waals surface area contributed by atoms with Crippen LogP contribution in [0.1, 0.15) is 73.6 Å². The van der Waals surface area contributed by atoms with Crippen LogP contribution in [0.3, 0.4) is 0 Å². The fourth-order valence-electron chi connectivity index (χ4n) is 7.17. The van der Waals surface area contributed by atoms with Crippen molar-refractivity contribution in [2.24, 2.45) is 0 Å². The van der Waals surface area contributed by atoms with Crippen LogP contribution in [-0.2, 0) is 18.6 Å². The van der Waals surface area contributed by atoms with Gasteiger partial charge in [-0.2, -0.15) is 0 Å². The van der Waals surface area contributed by atoms with Crippen LogP contribution in [0.4, 0.5) is 0 Å². The molecule has 5 aromatic rings. The number of aromatic nitrogens is 3. The van der Waals surface area contributed by atoms with Crippen molar-refractivity contribution in [3.63, 3.8) is 0 Å². The number of ether oxygens (including phenoxy) is 1. The molecule has 0 spiro atoms. The van der Waals surface area contributed by atoms with Crippen LogP contribution in [0.15, 0.2) is 66.7 Å². The van der Waals surface area contributed by atoms with Crippen molar-refractivity contribution in [1.29, 1.82) is 0 Å². The summed E-state index contributed by atoms with van der Waals surface area (Å²) in [4.78, 5) is 18.7. The zero-order valence-electron chi connectivity index (χ0n) is 24.4. The molecule has 1 saturated carbocycles. The molecule has 7 nitrogen and oxygen atoms in total. The van der Waals surface area contributed by atoms with Crippen LogP contribution in [-0.4, -0.2) is 38.3 Å². The van der Waals surface area contributed by atoms with Crippen molar-refractivity contribution in [3.8, 4) is 17.0 Å². The van der Waals surface area contributed by atoms with Gasteiger partial charge >= 0.3 is 0 Å². The number of carbonyl (C=O) groups is 1. The van der Waals surface area contributed by atoms with Crippen molar-refractivity contribution in [2.45, 2.75) is 70.5 Å². The van der Waals surface area contributed by atoms with Crippen LogP contribution in [0, 0.1) is 0 Å². The van der Waals surface area contributed by atoms with Gasteiger partial charge in [0.05, 0.1) is 35.4 Å². The summed E-state index contributed by atoms with van der Waals surface area (Å²) in [6, 6.07) is 22.4. The van der Waals surface area contributed by atoms with E-state index in [2.05, 4.69) is 40.2 Å². The quantitative estimate of drug-likeness (QED) is 0.240. The molecule has 3 heterocycles. The van der Waals surface area contributed by atoms with E-state index in [1.807, 2.05) is 54.8 Å². The number of aliphatic hydroxyl groups excluding tert-OH is 1. The highest BCUT2D eigenvalue weighted by molar-refractivity contribution is 6.01. The number of nitrogens with one attached hydrogen (secondary N) is 1. The molecule has 1 aliphatic carbocycles. The lowest BCUT2D eigenvalue weighted by molar-refractivity contribution is 0.0906. The molecule has 7 heteroatoms. The maximum absolute atomic E-state index is 13.9. The molecule has 216 valence electrons. The van der Waals surface area contributed by atoms with Crippen molar-refractivity contribution < 1.29 is 14.6 Å². The van der Waals surface area contributed by atoms with E-state index in [1.165, 1.54) is 48.7 Å². The first kappa shape index (κ1) is 26.8. The average Bonchev–Trinajstić information content (AvgIpc) is 3.47. The Bertz CT molecular complexity index is 1790. The third kappa shape index (κ3) is 4.47. The summed E-state index contributed by atoms with van der Waals surface area (Å²) in [6.07, 6.45) is 6.20. The fraction of sp³-hybridized carbons (Fsp3) is 0.371. The van der Waals surface area contributed by atoms with Gasteiger partial charge in [-0.15, -0.1) is 0 Å². The van der Waals surface area contributed by atoms with Crippen molar-refractivity contribution in [2.75, 3.05) is 13.2 Å². The molecule has 0 atom stereocenters. The summed E-state index contributed by atoms with van der Waals surface area (Å²) in [5.74, 6) is 2.00. The van der Waals surface area contributed by atoms with Crippen LogP contribution in [0.5, 0.6) is 5.75 Å². The van der Waals surface area contributed by atoms with E-state index in [4.69, 9.17) is 9.72 Å². The molecule has 0 radical (unpaired) electrons. The number of imidazole rings is 1. The van der Waals surface area contributed by atoms with Gasteiger partial charge in [0.25, 0.3) is 5.91 Å². The Labute approximate surface area is 246 Å². The second-order valence-electron chi connectivity index (χ2n) is 12.2. The molecule has 0 bridgehead atoms. The molecule has 1 amide bonds. The Hall–Kier alpha value is -4.10. The van der Waals surface area contributed by atoms with Gasteiger partial charge in [-0.1, -0.05) is 49.6 Å². The molecule has 1 aliphatic heterocycles. The molecule has 7 rings (SSSR count). The summed E-state index contributed by atoms with van der Waals surface area (Å²) in [6.45, 7) is 5.65. The molecule has 0 unspecified atom stereocenters. The summed E-state index contributed by atoms with van der Waals surface area (Å²) in [7, 11) is 0. The Morgan fingerprint density at radius 3 is 2.64 bits per heavy atom. The van der Waals surface area contributed by atoms with Gasteiger partial charge in [0.15, 0.2) is 0 Å². The zero-order chi connectivity index (χ0) is 28.8. The van der Waals surface area contributed by atoms with E-state index in [-0.39, 0.29) is 12.5 Å². The topological polar surface area (TPSA) is 81.3 Å². The Morgan fingerprint density at radius 2 is 1.81 bits per heavy atom. The smallest absolute Gasteiger partial charge is 0.252 e. The molecule has 2 aliphatic rings. The highest BCUT2D eigenvalue weighted by atomic mass is 16.5. The van der Waals surface area contributed by atoms with Gasteiger partial charge in [-0.25, -0.2) is 4.98 Å². The fourth-order valence-corrected chi connectivity index (χ4v) is 7.17. The number of para-hydroxylation sites is 3. The molecule has 0 saturated heterocycles. The maximum Gasteiger partial charge on any atom is 0.252 e. The first-order chi connectivity index (χ1) is 20.5. The second-order valence-corrected chi connectivity index (χ2v) is 12.2. The molecule has 3 aromatic carbocycles. The highest BCUT2D eigenvalue weighted by Gasteiger charge is 2.32. The standard InChI is InChI=1S/C35H38N4O3/c1-35(2,34-36-27-13-7-8-14-28(27)39(34)18-20-40)37-33(41)24-16-17-25-29(22-24)38-19-21-42-30-15-9-6-12-26(30)32(38)31(25)23-10-4-3-5-11-23/h6-9,12-17,22-23,40H,3-5,10-11,18-21H2,1-2H3,(H,37,41). The van der Waals surface area contributed by atoms with Crippen LogP contribution in [0.25, 0.3) is 33.2 Å². The monoisotopic (exact) mass is 562 g/mol. The summed E-state index contributed by atoms with van der Waals surface area (Å²) < 4.78 is 10.6. The Kier molecular flexibility index (Phi) is 6.77. The number of hydrogen-bond acceptors (Lipinski definition) is 4. The third-order valence-electron chi connectivity index (χ3n) is 9.06. The third-order valence-corrected chi connectivity index (χ3v) is 9.06. The minimum Gasteiger partial charge on any atom is -0.491 e. The van der Waals surface area contributed by atoms with E-state index in [0.29, 0.717) is 24.6 Å². The number of benzene rings is 3. The predicted octanol–water partition coefficient (Wildman–Crippen LogP) is 6.76. The van der Waals surface area contributed by atoms with Crippen molar-refractivity contribution in [1.82, 2.24) is 19.4 Å². The first-order valence-electron chi connectivity index (χ1n) is 15.2. The molecule has 2 aromatic heterocycles. The van der Waals surface area contributed by atoms with Gasteiger partial charge in [-0.3, -0.25) is 4.79 Å². The van der Waals surface area contributed by atoms with Gasteiger partial charge in [-0.05, 0) is 74.6 Å². The number of hydrogen-bond donors (Lipinski definition) is 2. The number of nitrogens with zero attached hydrogens (tertiary/aromatic N) is 3. The largest absolute Gasteiger partial charge is 0.491 e. The lowest BCUT2D eigenvalue weighted by Crippen LogP contribution is -2.43. The number of aliphatic hydroxyl groups is 1. The van der Waals surface area contributed by atoms with Gasteiger partial charge in [0.1, 0.15) is 18.2 Å². The summed E-state index contributed by atoms with van der Waals surface area (Å²) in [5, 5.41) is 14.3. The Morgan fingerprint density at radius 1 is 1.02 bits per heavy atom. The van der Waals surface area contributed by atoms with Crippen molar-refractivity contribution in [3.05, 3.63) is 83.7 Å². The van der Waals surface area contributed by atoms with E-state index in [1.54, 1.807) is 0 Å². The minimum atomic E-state index is -0.768. The zero-order valence-corrected chi connectivity index (χ0v) is 24.4. The SMILES string of the molecule is CC(C)(NC(=O)c1ccc2c(C3CCCCC3)c3n(c2c1)CCOc1ccccc1-3)c1nc2ccccc2n1CCO. The number of carbonyl (C=O) groups excluding carboxylic acids is 1. The van der Waals surface area contributed by atoms with E-state index in [0.717, 1.165) is 40.2 Å². The van der Waals surface area contributed by atoms with E-state index < -0.39 is 5.54 Å². The number of amides is 1. The molecular weight excluding hydrogens is 524 g/mol. The number of fused-ring (bicyclic) bond motifs is 6. The lowest BCUT2D eigenvalue weighted by atomic mass is 9.81. The van der Waals surface area contributed by atoms with Gasteiger partial charge in [0, 0.05) is 28.6 Å². The molecule has 42 heavy (non-hydrogen) atoms. The average molecular weight is 563 g/mol.